The molecule has 0 atom stereocenters. The second kappa shape index (κ2) is 11.8. The van der Waals surface area contributed by atoms with Crippen LogP contribution in [0.15, 0.2) is 0 Å². The van der Waals surface area contributed by atoms with Crippen LogP contribution in [0.4, 0.5) is 4.79 Å². The van der Waals surface area contributed by atoms with E-state index in [0.29, 0.717) is 0 Å². The molecule has 1 amide bonds. The van der Waals surface area contributed by atoms with Crippen LogP contribution < -0.4 is 5.32 Å². The van der Waals surface area contributed by atoms with E-state index in [-0.39, 0.29) is 11.7 Å². The Labute approximate surface area is 137 Å². The maximum atomic E-state index is 12.0. The van der Waals surface area contributed by atoms with E-state index in [9.17, 15) is 4.79 Å². The Morgan fingerprint density at radius 3 is 2.09 bits per heavy atom. The van der Waals surface area contributed by atoms with Crippen LogP contribution >= 0.6 is 0 Å². The van der Waals surface area contributed by atoms with Gasteiger partial charge in [-0.25, -0.2) is 4.79 Å². The zero-order valence-corrected chi connectivity index (χ0v) is 14.9. The molecule has 1 saturated carbocycles. The van der Waals surface area contributed by atoms with Gasteiger partial charge in [0.1, 0.15) is 5.60 Å². The summed E-state index contributed by atoms with van der Waals surface area (Å²) >= 11 is 0. The Morgan fingerprint density at radius 1 is 0.909 bits per heavy atom. The smallest absolute Gasteiger partial charge is 0.407 e. The summed E-state index contributed by atoms with van der Waals surface area (Å²) in [4.78, 5) is 12.0. The number of hydrogen-bond donors (Lipinski definition) is 1. The Balaban J connectivity index is 2.11. The monoisotopic (exact) mass is 311 g/mol. The van der Waals surface area contributed by atoms with Gasteiger partial charge in [-0.3, -0.25) is 0 Å². The lowest BCUT2D eigenvalue weighted by Gasteiger charge is -2.31. The molecule has 0 aromatic heterocycles. The number of hydrogen-bond acceptors (Lipinski definition) is 2. The molecule has 0 aromatic rings. The van der Waals surface area contributed by atoms with Crippen molar-refractivity contribution in [2.45, 2.75) is 109 Å². The summed E-state index contributed by atoms with van der Waals surface area (Å²) < 4.78 is 5.82. The second-order valence-electron chi connectivity index (χ2n) is 6.89. The Bertz CT molecular complexity index is 283. The van der Waals surface area contributed by atoms with Crippen molar-refractivity contribution in [3.05, 3.63) is 0 Å². The SMILES string of the molecule is CCCCCCCCCNC(=O)OC1(CC)CCCCCC1. The van der Waals surface area contributed by atoms with Crippen LogP contribution in [0.1, 0.15) is 104 Å². The molecule has 1 fully saturated rings. The van der Waals surface area contributed by atoms with E-state index in [4.69, 9.17) is 4.74 Å². The molecule has 1 aliphatic carbocycles. The molecule has 1 aliphatic rings. The maximum Gasteiger partial charge on any atom is 0.407 e. The Kier molecular flexibility index (Phi) is 10.3. The van der Waals surface area contributed by atoms with Crippen LogP contribution in [0.2, 0.25) is 0 Å². The van der Waals surface area contributed by atoms with E-state index in [1.807, 2.05) is 0 Å². The van der Waals surface area contributed by atoms with Crippen molar-refractivity contribution < 1.29 is 9.53 Å². The van der Waals surface area contributed by atoms with Crippen LogP contribution in [0, 0.1) is 0 Å². The lowest BCUT2D eigenvalue weighted by Crippen LogP contribution is -2.38. The van der Waals surface area contributed by atoms with E-state index in [1.54, 1.807) is 0 Å². The van der Waals surface area contributed by atoms with Gasteiger partial charge in [0.05, 0.1) is 0 Å². The van der Waals surface area contributed by atoms with Crippen LogP contribution in [0.5, 0.6) is 0 Å². The molecule has 0 spiro atoms. The normalized spacial score (nSPS) is 17.7. The van der Waals surface area contributed by atoms with Crippen molar-refractivity contribution in [1.82, 2.24) is 5.32 Å². The van der Waals surface area contributed by atoms with Crippen LogP contribution in [0.25, 0.3) is 0 Å². The van der Waals surface area contributed by atoms with Crippen molar-refractivity contribution in [2.24, 2.45) is 0 Å². The molecular weight excluding hydrogens is 274 g/mol. The summed E-state index contributed by atoms with van der Waals surface area (Å²) in [6, 6.07) is 0. The number of alkyl carbamates (subject to hydrolysis) is 1. The van der Waals surface area contributed by atoms with Crippen LogP contribution in [-0.4, -0.2) is 18.2 Å². The van der Waals surface area contributed by atoms with E-state index in [2.05, 4.69) is 19.2 Å². The summed E-state index contributed by atoms with van der Waals surface area (Å²) in [5.74, 6) is 0. The number of ether oxygens (including phenoxy) is 1. The highest BCUT2D eigenvalue weighted by molar-refractivity contribution is 5.67. The highest BCUT2D eigenvalue weighted by Crippen LogP contribution is 2.33. The molecule has 130 valence electrons. The molecule has 1 N–H and O–H groups in total. The number of unbranched alkanes of at least 4 members (excludes halogenated alkanes) is 6. The molecule has 3 heteroatoms. The standard InChI is InChI=1S/C19H37NO2/c1-3-5-6-7-8-11-14-17-20-18(21)22-19(4-2)15-12-9-10-13-16-19/h3-17H2,1-2H3,(H,20,21). The first-order chi connectivity index (χ1) is 10.7. The third-order valence-corrected chi connectivity index (χ3v) is 5.02. The van der Waals surface area contributed by atoms with Crippen molar-refractivity contribution >= 4 is 6.09 Å². The van der Waals surface area contributed by atoms with Crippen molar-refractivity contribution in [1.29, 1.82) is 0 Å². The third kappa shape index (κ3) is 8.05. The summed E-state index contributed by atoms with van der Waals surface area (Å²) in [6.45, 7) is 5.15. The first kappa shape index (κ1) is 19.3. The lowest BCUT2D eigenvalue weighted by atomic mass is 9.91. The molecule has 0 aromatic carbocycles. The fourth-order valence-electron chi connectivity index (χ4n) is 3.41. The zero-order chi connectivity index (χ0) is 16.1. The van der Waals surface area contributed by atoms with Gasteiger partial charge in [-0.15, -0.1) is 0 Å². The fourth-order valence-corrected chi connectivity index (χ4v) is 3.41. The van der Waals surface area contributed by atoms with E-state index < -0.39 is 0 Å². The average Bonchev–Trinajstić information content (AvgIpc) is 2.76. The van der Waals surface area contributed by atoms with Gasteiger partial charge in [-0.05, 0) is 38.5 Å². The van der Waals surface area contributed by atoms with Gasteiger partial charge in [-0.2, -0.15) is 0 Å². The van der Waals surface area contributed by atoms with Crippen molar-refractivity contribution in [3.8, 4) is 0 Å². The van der Waals surface area contributed by atoms with Crippen LogP contribution in [0.3, 0.4) is 0 Å². The molecule has 0 unspecified atom stereocenters. The van der Waals surface area contributed by atoms with E-state index in [1.165, 1.54) is 64.2 Å². The minimum Gasteiger partial charge on any atom is -0.443 e. The number of nitrogens with one attached hydrogen (secondary N) is 1. The van der Waals surface area contributed by atoms with Gasteiger partial charge >= 0.3 is 6.09 Å². The predicted molar refractivity (Wildman–Crippen MR) is 93.2 cm³/mol. The topological polar surface area (TPSA) is 38.3 Å². The number of rotatable bonds is 10. The lowest BCUT2D eigenvalue weighted by molar-refractivity contribution is -0.00377. The summed E-state index contributed by atoms with van der Waals surface area (Å²) in [7, 11) is 0. The first-order valence-corrected chi connectivity index (χ1v) is 9.69. The number of amides is 1. The van der Waals surface area contributed by atoms with Crippen molar-refractivity contribution in [3.63, 3.8) is 0 Å². The molecule has 0 radical (unpaired) electrons. The fraction of sp³-hybridized carbons (Fsp3) is 0.947. The summed E-state index contributed by atoms with van der Waals surface area (Å²) in [5, 5.41) is 2.95. The first-order valence-electron chi connectivity index (χ1n) is 9.69. The van der Waals surface area contributed by atoms with Gasteiger partial charge in [-0.1, -0.05) is 65.2 Å². The van der Waals surface area contributed by atoms with Crippen LogP contribution in [-0.2, 0) is 4.74 Å². The quantitative estimate of drug-likeness (QED) is 0.399. The van der Waals surface area contributed by atoms with E-state index in [0.717, 1.165) is 32.2 Å². The molecule has 22 heavy (non-hydrogen) atoms. The molecule has 0 heterocycles. The largest absolute Gasteiger partial charge is 0.443 e. The second-order valence-corrected chi connectivity index (χ2v) is 6.89. The maximum absolute atomic E-state index is 12.0. The van der Waals surface area contributed by atoms with Gasteiger partial charge in [0, 0.05) is 6.54 Å². The third-order valence-electron chi connectivity index (χ3n) is 5.02. The predicted octanol–water partition coefficient (Wildman–Crippen LogP) is 5.97. The minimum atomic E-state index is -0.199. The van der Waals surface area contributed by atoms with Gasteiger partial charge < -0.3 is 10.1 Å². The van der Waals surface area contributed by atoms with E-state index >= 15 is 0 Å². The van der Waals surface area contributed by atoms with Gasteiger partial charge in [0.15, 0.2) is 0 Å². The molecule has 0 bridgehead atoms. The van der Waals surface area contributed by atoms with Gasteiger partial charge in [0.25, 0.3) is 0 Å². The molecule has 3 nitrogen and oxygen atoms in total. The average molecular weight is 312 g/mol. The van der Waals surface area contributed by atoms with Gasteiger partial charge in [0.2, 0.25) is 0 Å². The number of carbonyl (C=O) groups excluding carboxylic acids is 1. The highest BCUT2D eigenvalue weighted by Gasteiger charge is 2.32. The summed E-state index contributed by atoms with van der Waals surface area (Å²) in [5.41, 5.74) is -0.194. The minimum absolute atomic E-state index is 0.194. The molecule has 1 rings (SSSR count). The molecule has 0 aliphatic heterocycles. The number of carbonyl (C=O) groups is 1. The van der Waals surface area contributed by atoms with Crippen molar-refractivity contribution in [2.75, 3.05) is 6.54 Å². The Hall–Kier alpha value is -0.730. The summed E-state index contributed by atoms with van der Waals surface area (Å²) in [6.07, 6.45) is 16.7. The Morgan fingerprint density at radius 2 is 1.50 bits per heavy atom. The molecular formula is C19H37NO2. The zero-order valence-electron chi connectivity index (χ0n) is 14.9. The highest BCUT2D eigenvalue weighted by atomic mass is 16.6. The molecule has 0 saturated heterocycles.